The monoisotopic (exact) mass is 406 g/mol. The van der Waals surface area contributed by atoms with Crippen molar-refractivity contribution in [1.82, 2.24) is 5.32 Å². The van der Waals surface area contributed by atoms with Crippen molar-refractivity contribution in [1.29, 1.82) is 0 Å². The first-order valence-corrected chi connectivity index (χ1v) is 10.8. The number of fused-ring (bicyclic) bond motifs is 1. The van der Waals surface area contributed by atoms with Crippen LogP contribution >= 0.6 is 0 Å². The Balaban J connectivity index is 1.95. The molecular formula is C24H30N4O2. The summed E-state index contributed by atoms with van der Waals surface area (Å²) in [5, 5.41) is 12.1. The van der Waals surface area contributed by atoms with Crippen LogP contribution in [0.15, 0.2) is 57.5 Å². The number of nitrogens with zero attached hydrogens (tertiary/aromatic N) is 3. The van der Waals surface area contributed by atoms with Crippen LogP contribution in [0.1, 0.15) is 59.4 Å². The maximum Gasteiger partial charge on any atom is 0.223 e. The molecule has 6 heteroatoms. The highest BCUT2D eigenvalue weighted by Crippen LogP contribution is 2.53. The number of anilines is 1. The van der Waals surface area contributed by atoms with Gasteiger partial charge in [-0.2, -0.15) is 10.2 Å². The topological polar surface area (TPSA) is 74.1 Å². The Morgan fingerprint density at radius 2 is 2.03 bits per heavy atom. The quantitative estimate of drug-likeness (QED) is 0.792. The van der Waals surface area contributed by atoms with Crippen molar-refractivity contribution in [2.45, 2.75) is 65.5 Å². The van der Waals surface area contributed by atoms with Gasteiger partial charge >= 0.3 is 0 Å². The van der Waals surface area contributed by atoms with Gasteiger partial charge in [0.15, 0.2) is 11.9 Å². The maximum atomic E-state index is 13.5. The molecule has 1 aromatic rings. The van der Waals surface area contributed by atoms with Crippen molar-refractivity contribution >= 4 is 17.4 Å². The number of nitrogens with one attached hydrogen (secondary N) is 1. The fourth-order valence-electron chi connectivity index (χ4n) is 5.42. The Morgan fingerprint density at radius 3 is 2.70 bits per heavy atom. The molecule has 2 aliphatic heterocycles. The number of hydrogen-bond acceptors (Lipinski definition) is 5. The smallest absolute Gasteiger partial charge is 0.223 e. The van der Waals surface area contributed by atoms with Crippen molar-refractivity contribution in [2.75, 3.05) is 11.4 Å². The van der Waals surface area contributed by atoms with E-state index in [2.05, 4.69) is 48.4 Å². The molecule has 1 aromatic carbocycles. The number of carbonyl (C=O) groups excluding carboxylic acids is 2. The molecule has 0 radical (unpaired) electrons. The van der Waals surface area contributed by atoms with Gasteiger partial charge in [0.1, 0.15) is 0 Å². The zero-order valence-corrected chi connectivity index (χ0v) is 18.5. The van der Waals surface area contributed by atoms with Crippen LogP contribution in [-0.4, -0.2) is 24.4 Å². The normalized spacial score (nSPS) is 26.6. The van der Waals surface area contributed by atoms with E-state index < -0.39 is 5.41 Å². The van der Waals surface area contributed by atoms with E-state index >= 15 is 0 Å². The predicted molar refractivity (Wildman–Crippen MR) is 117 cm³/mol. The van der Waals surface area contributed by atoms with Crippen molar-refractivity contribution in [3.63, 3.8) is 0 Å². The fraction of sp³-hybridized carbons (Fsp3) is 0.500. The second kappa shape index (κ2) is 7.18. The molecule has 2 heterocycles. The van der Waals surface area contributed by atoms with E-state index in [9.17, 15) is 9.59 Å². The van der Waals surface area contributed by atoms with Gasteiger partial charge < -0.3 is 10.2 Å². The lowest BCUT2D eigenvalue weighted by Gasteiger charge is -2.48. The lowest BCUT2D eigenvalue weighted by atomic mass is 9.59. The van der Waals surface area contributed by atoms with Gasteiger partial charge in [-0.15, -0.1) is 0 Å². The Labute approximate surface area is 178 Å². The van der Waals surface area contributed by atoms with Gasteiger partial charge in [-0.05, 0) is 42.9 Å². The summed E-state index contributed by atoms with van der Waals surface area (Å²) in [7, 11) is 0. The Morgan fingerprint density at radius 1 is 1.27 bits per heavy atom. The van der Waals surface area contributed by atoms with E-state index in [4.69, 9.17) is 0 Å². The molecule has 158 valence electrons. The summed E-state index contributed by atoms with van der Waals surface area (Å²) in [4.78, 5) is 27.4. The molecule has 0 saturated carbocycles. The van der Waals surface area contributed by atoms with Gasteiger partial charge in [-0.3, -0.25) is 9.59 Å². The molecule has 0 saturated heterocycles. The third kappa shape index (κ3) is 3.01. The molecular weight excluding hydrogens is 376 g/mol. The van der Waals surface area contributed by atoms with Crippen molar-refractivity contribution in [3.8, 4) is 0 Å². The van der Waals surface area contributed by atoms with Gasteiger partial charge in [0, 0.05) is 42.4 Å². The summed E-state index contributed by atoms with van der Waals surface area (Å²) in [6.07, 6.45) is 3.62. The summed E-state index contributed by atoms with van der Waals surface area (Å²) in [6, 6.07) is 8.06. The number of rotatable bonds is 4. The minimum absolute atomic E-state index is 0.00358. The summed E-state index contributed by atoms with van der Waals surface area (Å²) in [5.74, 6) is 0.190. The number of allylic oxidation sites excluding steroid dienone is 2. The van der Waals surface area contributed by atoms with Crippen LogP contribution in [0.2, 0.25) is 0 Å². The molecule has 2 unspecified atom stereocenters. The van der Waals surface area contributed by atoms with Gasteiger partial charge in [0.05, 0.1) is 11.6 Å². The first kappa shape index (κ1) is 20.5. The Hall–Kier alpha value is -2.76. The van der Waals surface area contributed by atoms with E-state index in [0.717, 1.165) is 40.9 Å². The molecule has 0 spiro atoms. The first-order valence-electron chi connectivity index (χ1n) is 10.8. The number of hydrogen-bond donors (Lipinski definition) is 1. The van der Waals surface area contributed by atoms with E-state index in [1.807, 2.05) is 25.3 Å². The highest BCUT2D eigenvalue weighted by molar-refractivity contribution is 6.01. The number of ketones is 1. The number of amides is 1. The summed E-state index contributed by atoms with van der Waals surface area (Å²) in [6.45, 7) is 10.5. The summed E-state index contributed by atoms with van der Waals surface area (Å²) >= 11 is 0. The SMILES string of the molecule is CCN(C(C)=O)c1cccc(C2(CC)C3=CN=NC3NC3=C2C(=O)CC(C)(C)C3)c1. The molecule has 6 nitrogen and oxygen atoms in total. The summed E-state index contributed by atoms with van der Waals surface area (Å²) < 4.78 is 0. The average Bonchev–Trinajstić information content (AvgIpc) is 3.14. The van der Waals surface area contributed by atoms with Gasteiger partial charge in [-0.1, -0.05) is 32.9 Å². The number of Topliss-reactive ketones (excluding diaryl/α,β-unsaturated/α-hetero) is 1. The highest BCUT2D eigenvalue weighted by Gasteiger charge is 2.53. The molecule has 0 fully saturated rings. The van der Waals surface area contributed by atoms with Gasteiger partial charge in [-0.25, -0.2) is 0 Å². The Kier molecular flexibility index (Phi) is 4.91. The lowest BCUT2D eigenvalue weighted by molar-refractivity contribution is -0.119. The number of carbonyl (C=O) groups is 2. The van der Waals surface area contributed by atoms with Gasteiger partial charge in [0.25, 0.3) is 0 Å². The zero-order chi connectivity index (χ0) is 21.7. The van der Waals surface area contributed by atoms with Crippen LogP contribution in [0.25, 0.3) is 0 Å². The molecule has 30 heavy (non-hydrogen) atoms. The predicted octanol–water partition coefficient (Wildman–Crippen LogP) is 4.63. The van der Waals surface area contributed by atoms with E-state index in [1.54, 1.807) is 11.8 Å². The van der Waals surface area contributed by atoms with Gasteiger partial charge in [0.2, 0.25) is 5.91 Å². The molecule has 1 amide bonds. The van der Waals surface area contributed by atoms with Crippen LogP contribution in [0, 0.1) is 5.41 Å². The third-order valence-corrected chi connectivity index (χ3v) is 6.66. The second-order valence-electron chi connectivity index (χ2n) is 9.23. The van der Waals surface area contributed by atoms with Crippen molar-refractivity contribution < 1.29 is 9.59 Å². The van der Waals surface area contributed by atoms with Crippen molar-refractivity contribution in [2.24, 2.45) is 15.6 Å². The van der Waals surface area contributed by atoms with Crippen LogP contribution < -0.4 is 10.2 Å². The maximum absolute atomic E-state index is 13.5. The van der Waals surface area contributed by atoms with E-state index in [1.165, 1.54) is 0 Å². The summed E-state index contributed by atoms with van der Waals surface area (Å²) in [5.41, 5.74) is 4.05. The molecule has 0 aromatic heterocycles. The molecule has 1 aliphatic carbocycles. The average molecular weight is 407 g/mol. The highest BCUT2D eigenvalue weighted by atomic mass is 16.2. The minimum atomic E-state index is -0.589. The zero-order valence-electron chi connectivity index (χ0n) is 18.5. The minimum Gasteiger partial charge on any atom is -0.362 e. The second-order valence-corrected chi connectivity index (χ2v) is 9.23. The molecule has 2 atom stereocenters. The Bertz CT molecular complexity index is 1000. The fourth-order valence-corrected chi connectivity index (χ4v) is 5.42. The van der Waals surface area contributed by atoms with Crippen LogP contribution in [-0.2, 0) is 15.0 Å². The molecule has 4 rings (SSSR count). The van der Waals surface area contributed by atoms with Crippen molar-refractivity contribution in [3.05, 3.63) is 52.9 Å². The first-order chi connectivity index (χ1) is 14.2. The molecule has 0 bridgehead atoms. The lowest BCUT2D eigenvalue weighted by Crippen LogP contribution is -2.51. The molecule has 1 N–H and O–H groups in total. The standard InChI is InChI=1S/C24H30N4O2/c1-6-24(16-9-8-10-17(11-16)28(7-2)15(3)29)18-14-25-27-22(18)26-19-12-23(4,5)13-20(30)21(19)24/h8-11,14,22,26H,6-7,12-13H2,1-5H3. The van der Waals surface area contributed by atoms with Crippen LogP contribution in [0.3, 0.4) is 0 Å². The van der Waals surface area contributed by atoms with E-state index in [-0.39, 0.29) is 23.3 Å². The van der Waals surface area contributed by atoms with E-state index in [0.29, 0.717) is 13.0 Å². The third-order valence-electron chi connectivity index (χ3n) is 6.66. The molecule has 3 aliphatic rings. The van der Waals surface area contributed by atoms with Crippen LogP contribution in [0.5, 0.6) is 0 Å². The van der Waals surface area contributed by atoms with Crippen LogP contribution in [0.4, 0.5) is 5.69 Å². The number of benzene rings is 1. The number of azo groups is 1. The largest absolute Gasteiger partial charge is 0.362 e.